The van der Waals surface area contributed by atoms with Crippen LogP contribution in [0.25, 0.3) is 10.9 Å². The summed E-state index contributed by atoms with van der Waals surface area (Å²) in [6, 6.07) is 6.33. The number of carbonyl (C=O) groups is 1. The number of aromatic nitrogens is 1. The zero-order chi connectivity index (χ0) is 10.1. The monoisotopic (exact) mass is 207 g/mol. The van der Waals surface area contributed by atoms with E-state index in [4.69, 9.17) is 11.6 Å². The highest BCUT2D eigenvalue weighted by Gasteiger charge is 2.09. The standard InChI is InChI=1S/C10H6ClNO2/c11-10(14)8-5-7(13)4-6-2-1-3-12-9(6)8/h1-5,13H. The molecule has 2 aromatic rings. The fraction of sp³-hybridized carbons (Fsp3) is 0. The number of hydrogen-bond acceptors (Lipinski definition) is 3. The Morgan fingerprint density at radius 1 is 1.43 bits per heavy atom. The van der Waals surface area contributed by atoms with Gasteiger partial charge in [0, 0.05) is 11.6 Å². The summed E-state index contributed by atoms with van der Waals surface area (Å²) < 4.78 is 0. The van der Waals surface area contributed by atoms with Crippen molar-refractivity contribution in [2.75, 3.05) is 0 Å². The summed E-state index contributed by atoms with van der Waals surface area (Å²) in [5.74, 6) is 0.00880. The molecule has 0 fully saturated rings. The number of phenols is 1. The molecule has 0 aliphatic carbocycles. The molecule has 0 aliphatic heterocycles. The summed E-state index contributed by atoms with van der Waals surface area (Å²) in [5.41, 5.74) is 0.729. The molecule has 14 heavy (non-hydrogen) atoms. The predicted octanol–water partition coefficient (Wildman–Crippen LogP) is 2.32. The molecule has 3 nitrogen and oxygen atoms in total. The number of benzene rings is 1. The molecule has 0 unspecified atom stereocenters. The second-order valence-corrected chi connectivity index (χ2v) is 3.19. The molecule has 1 heterocycles. The molecular formula is C10H6ClNO2. The Balaban J connectivity index is 2.87. The lowest BCUT2D eigenvalue weighted by atomic mass is 10.1. The van der Waals surface area contributed by atoms with Crippen LogP contribution in [0.3, 0.4) is 0 Å². The minimum atomic E-state index is -0.621. The zero-order valence-electron chi connectivity index (χ0n) is 7.07. The van der Waals surface area contributed by atoms with E-state index in [2.05, 4.69) is 4.98 Å². The fourth-order valence-electron chi connectivity index (χ4n) is 1.33. The molecule has 0 atom stereocenters. The number of nitrogens with zero attached hydrogens (tertiary/aromatic N) is 1. The third-order valence-electron chi connectivity index (χ3n) is 1.90. The summed E-state index contributed by atoms with van der Waals surface area (Å²) in [4.78, 5) is 15.1. The molecule has 1 aromatic heterocycles. The minimum absolute atomic E-state index is 0.00880. The number of fused-ring (bicyclic) bond motifs is 1. The normalized spacial score (nSPS) is 10.4. The fourth-order valence-corrected chi connectivity index (χ4v) is 1.47. The van der Waals surface area contributed by atoms with Crippen LogP contribution < -0.4 is 0 Å². The van der Waals surface area contributed by atoms with Gasteiger partial charge in [0.1, 0.15) is 5.75 Å². The molecule has 2 rings (SSSR count). The molecule has 1 N–H and O–H groups in total. The van der Waals surface area contributed by atoms with Crippen LogP contribution >= 0.6 is 11.6 Å². The number of rotatable bonds is 1. The SMILES string of the molecule is O=C(Cl)c1cc(O)cc2cccnc12. The molecule has 0 saturated carbocycles. The lowest BCUT2D eigenvalue weighted by Crippen LogP contribution is -1.92. The van der Waals surface area contributed by atoms with Gasteiger partial charge in [-0.1, -0.05) is 6.07 Å². The Bertz CT molecular complexity index is 510. The lowest BCUT2D eigenvalue weighted by molar-refractivity contribution is 0.108. The van der Waals surface area contributed by atoms with Gasteiger partial charge < -0.3 is 5.11 Å². The van der Waals surface area contributed by atoms with Crippen LogP contribution in [0.2, 0.25) is 0 Å². The van der Waals surface area contributed by atoms with Gasteiger partial charge in [-0.25, -0.2) is 0 Å². The van der Waals surface area contributed by atoms with E-state index in [0.717, 1.165) is 0 Å². The summed E-state index contributed by atoms with van der Waals surface area (Å²) in [7, 11) is 0. The van der Waals surface area contributed by atoms with E-state index in [-0.39, 0.29) is 11.3 Å². The topological polar surface area (TPSA) is 50.2 Å². The summed E-state index contributed by atoms with van der Waals surface area (Å²) in [6.45, 7) is 0. The van der Waals surface area contributed by atoms with E-state index in [0.29, 0.717) is 10.9 Å². The molecule has 0 saturated heterocycles. The van der Waals surface area contributed by atoms with Crippen LogP contribution in [0.4, 0.5) is 0 Å². The number of aromatic hydroxyl groups is 1. The van der Waals surface area contributed by atoms with Gasteiger partial charge in [-0.2, -0.15) is 0 Å². The molecule has 0 bridgehead atoms. The lowest BCUT2D eigenvalue weighted by Gasteiger charge is -2.01. The van der Waals surface area contributed by atoms with Crippen molar-refractivity contribution in [3.8, 4) is 5.75 Å². The number of carbonyl (C=O) groups excluding carboxylic acids is 1. The van der Waals surface area contributed by atoms with E-state index >= 15 is 0 Å². The van der Waals surface area contributed by atoms with Crippen LogP contribution in [0, 0.1) is 0 Å². The largest absolute Gasteiger partial charge is 0.508 e. The maximum absolute atomic E-state index is 11.0. The summed E-state index contributed by atoms with van der Waals surface area (Å²) in [5, 5.41) is 9.39. The molecule has 0 amide bonds. The highest BCUT2D eigenvalue weighted by molar-refractivity contribution is 6.68. The van der Waals surface area contributed by atoms with E-state index in [1.165, 1.54) is 12.1 Å². The molecule has 70 valence electrons. The van der Waals surface area contributed by atoms with Gasteiger partial charge in [0.05, 0.1) is 11.1 Å². The second kappa shape index (κ2) is 3.27. The van der Waals surface area contributed by atoms with Crippen molar-refractivity contribution in [2.45, 2.75) is 0 Å². The maximum Gasteiger partial charge on any atom is 0.254 e. The Hall–Kier alpha value is -1.61. The maximum atomic E-state index is 11.0. The van der Waals surface area contributed by atoms with Crippen molar-refractivity contribution in [3.63, 3.8) is 0 Å². The minimum Gasteiger partial charge on any atom is -0.508 e. The highest BCUT2D eigenvalue weighted by atomic mass is 35.5. The van der Waals surface area contributed by atoms with E-state index in [1.807, 2.05) is 0 Å². The first-order valence-corrected chi connectivity index (χ1v) is 4.34. The molecule has 0 radical (unpaired) electrons. The van der Waals surface area contributed by atoms with Gasteiger partial charge in [0.25, 0.3) is 5.24 Å². The van der Waals surface area contributed by atoms with Crippen molar-refractivity contribution in [2.24, 2.45) is 0 Å². The smallest absolute Gasteiger partial charge is 0.254 e. The average molecular weight is 208 g/mol. The first kappa shape index (κ1) is 8.97. The van der Waals surface area contributed by atoms with E-state index in [9.17, 15) is 9.90 Å². The van der Waals surface area contributed by atoms with Crippen molar-refractivity contribution in [1.29, 1.82) is 0 Å². The van der Waals surface area contributed by atoms with Crippen LogP contribution in [0.1, 0.15) is 10.4 Å². The molecule has 0 aliphatic rings. The number of hydrogen-bond donors (Lipinski definition) is 1. The van der Waals surface area contributed by atoms with Gasteiger partial charge in [0.2, 0.25) is 0 Å². The van der Waals surface area contributed by atoms with Crippen molar-refractivity contribution >= 4 is 27.7 Å². The first-order valence-electron chi connectivity index (χ1n) is 3.96. The Morgan fingerprint density at radius 3 is 2.93 bits per heavy atom. The van der Waals surface area contributed by atoms with Crippen LogP contribution in [0.5, 0.6) is 5.75 Å². The van der Waals surface area contributed by atoms with Gasteiger partial charge >= 0.3 is 0 Å². The third-order valence-corrected chi connectivity index (χ3v) is 2.11. The third kappa shape index (κ3) is 1.42. The number of pyridine rings is 1. The predicted molar refractivity (Wildman–Crippen MR) is 53.6 cm³/mol. The molecule has 4 heteroatoms. The molecular weight excluding hydrogens is 202 g/mol. The van der Waals surface area contributed by atoms with Gasteiger partial charge in [0.15, 0.2) is 0 Å². The van der Waals surface area contributed by atoms with Crippen molar-refractivity contribution in [1.82, 2.24) is 4.98 Å². The average Bonchev–Trinajstić information content (AvgIpc) is 2.16. The Labute approximate surface area is 85.0 Å². The van der Waals surface area contributed by atoms with Gasteiger partial charge in [-0.05, 0) is 29.8 Å². The van der Waals surface area contributed by atoms with Gasteiger partial charge in [-0.3, -0.25) is 9.78 Å². The summed E-state index contributed by atoms with van der Waals surface area (Å²) in [6.07, 6.45) is 1.57. The highest BCUT2D eigenvalue weighted by Crippen LogP contribution is 2.23. The Morgan fingerprint density at radius 2 is 2.21 bits per heavy atom. The Kier molecular flexibility index (Phi) is 2.09. The van der Waals surface area contributed by atoms with Crippen LogP contribution in [0.15, 0.2) is 30.5 Å². The molecule has 0 spiro atoms. The zero-order valence-corrected chi connectivity index (χ0v) is 7.82. The van der Waals surface area contributed by atoms with Crippen molar-refractivity contribution in [3.05, 3.63) is 36.0 Å². The van der Waals surface area contributed by atoms with Crippen LogP contribution in [-0.2, 0) is 0 Å². The number of phenolic OH excluding ortho intramolecular Hbond substituents is 1. The van der Waals surface area contributed by atoms with E-state index in [1.54, 1.807) is 18.3 Å². The van der Waals surface area contributed by atoms with Crippen LogP contribution in [-0.4, -0.2) is 15.3 Å². The quantitative estimate of drug-likeness (QED) is 0.731. The number of halogens is 1. The molecule has 1 aromatic carbocycles. The first-order chi connectivity index (χ1) is 6.68. The second-order valence-electron chi connectivity index (χ2n) is 2.84. The summed E-state index contributed by atoms with van der Waals surface area (Å²) >= 11 is 5.36. The van der Waals surface area contributed by atoms with Gasteiger partial charge in [-0.15, -0.1) is 0 Å². The van der Waals surface area contributed by atoms with Crippen molar-refractivity contribution < 1.29 is 9.90 Å². The van der Waals surface area contributed by atoms with E-state index < -0.39 is 5.24 Å².